The molecule has 0 aromatic heterocycles. The summed E-state index contributed by atoms with van der Waals surface area (Å²) in [4.78, 5) is 21.7. The highest BCUT2D eigenvalue weighted by Crippen LogP contribution is 2.02. The van der Waals surface area contributed by atoms with Crippen molar-refractivity contribution in [3.05, 3.63) is 0 Å². The van der Waals surface area contributed by atoms with Crippen LogP contribution in [-0.2, 0) is 25.1 Å². The maximum Gasteiger partial charge on any atom is 0.306 e. The van der Waals surface area contributed by atoms with Crippen molar-refractivity contribution in [1.29, 1.82) is 0 Å². The standard InChI is InChI=1S/C8H15NO4S/c1-6(4-8(11)13-3)14(12)5-7(10)9-2/h6H,4-5H2,1-3H3,(H,9,10). The first-order chi connectivity index (χ1) is 6.51. The quantitative estimate of drug-likeness (QED) is 0.631. The second kappa shape index (κ2) is 6.53. The van der Waals surface area contributed by atoms with E-state index >= 15 is 0 Å². The topological polar surface area (TPSA) is 72.5 Å². The number of carbonyl (C=O) groups excluding carboxylic acids is 2. The smallest absolute Gasteiger partial charge is 0.306 e. The van der Waals surface area contributed by atoms with Crippen LogP contribution in [0.1, 0.15) is 13.3 Å². The molecular weight excluding hydrogens is 206 g/mol. The van der Waals surface area contributed by atoms with Crippen molar-refractivity contribution < 1.29 is 18.5 Å². The number of amides is 1. The highest BCUT2D eigenvalue weighted by atomic mass is 32.2. The monoisotopic (exact) mass is 221 g/mol. The van der Waals surface area contributed by atoms with Gasteiger partial charge in [-0.2, -0.15) is 0 Å². The number of esters is 1. The van der Waals surface area contributed by atoms with Gasteiger partial charge in [0.2, 0.25) is 5.91 Å². The molecule has 6 heteroatoms. The highest BCUT2D eigenvalue weighted by molar-refractivity contribution is 7.86. The van der Waals surface area contributed by atoms with Crippen LogP contribution in [0.5, 0.6) is 0 Å². The van der Waals surface area contributed by atoms with Crippen LogP contribution in [0.15, 0.2) is 0 Å². The third kappa shape index (κ3) is 4.96. The van der Waals surface area contributed by atoms with E-state index in [0.717, 1.165) is 0 Å². The van der Waals surface area contributed by atoms with Gasteiger partial charge in [-0.1, -0.05) is 6.92 Å². The first kappa shape index (κ1) is 13.1. The number of rotatable bonds is 5. The molecule has 0 fully saturated rings. The fourth-order valence-corrected chi connectivity index (χ4v) is 1.76. The molecule has 82 valence electrons. The zero-order valence-corrected chi connectivity index (χ0v) is 9.35. The van der Waals surface area contributed by atoms with Crippen molar-refractivity contribution in [2.24, 2.45) is 0 Å². The summed E-state index contributed by atoms with van der Waals surface area (Å²) in [5.74, 6) is -0.780. The normalized spacial score (nSPS) is 14.2. The van der Waals surface area contributed by atoms with Crippen molar-refractivity contribution in [2.45, 2.75) is 18.6 Å². The van der Waals surface area contributed by atoms with Crippen molar-refractivity contribution in [1.82, 2.24) is 5.32 Å². The number of ether oxygens (including phenoxy) is 1. The van der Waals surface area contributed by atoms with Crippen LogP contribution < -0.4 is 5.32 Å². The minimum atomic E-state index is -1.33. The SMILES string of the molecule is CNC(=O)CS(=O)C(C)CC(=O)OC. The van der Waals surface area contributed by atoms with E-state index in [0.29, 0.717) is 0 Å². The van der Waals surface area contributed by atoms with Crippen LogP contribution in [0.2, 0.25) is 0 Å². The first-order valence-corrected chi connectivity index (χ1v) is 5.54. The lowest BCUT2D eigenvalue weighted by Crippen LogP contribution is -2.29. The summed E-state index contributed by atoms with van der Waals surface area (Å²) >= 11 is 0. The second-order valence-corrected chi connectivity index (χ2v) is 4.64. The van der Waals surface area contributed by atoms with E-state index in [2.05, 4.69) is 10.1 Å². The summed E-state index contributed by atoms with van der Waals surface area (Å²) in [5, 5.41) is 2.01. The van der Waals surface area contributed by atoms with Gasteiger partial charge in [-0.05, 0) is 0 Å². The van der Waals surface area contributed by atoms with Crippen LogP contribution in [0.25, 0.3) is 0 Å². The van der Waals surface area contributed by atoms with E-state index in [1.165, 1.54) is 14.2 Å². The van der Waals surface area contributed by atoms with Gasteiger partial charge in [-0.15, -0.1) is 0 Å². The Kier molecular flexibility index (Phi) is 6.11. The van der Waals surface area contributed by atoms with Crippen LogP contribution in [0, 0.1) is 0 Å². The molecule has 0 saturated carbocycles. The maximum atomic E-state index is 11.4. The summed E-state index contributed by atoms with van der Waals surface area (Å²) in [6.07, 6.45) is 0.0695. The number of nitrogens with one attached hydrogen (secondary N) is 1. The van der Waals surface area contributed by atoms with Crippen LogP contribution in [0.4, 0.5) is 0 Å². The average molecular weight is 221 g/mol. The molecule has 1 amide bonds. The van der Waals surface area contributed by atoms with Gasteiger partial charge in [0.1, 0.15) is 5.75 Å². The summed E-state index contributed by atoms with van der Waals surface area (Å²) in [6.45, 7) is 1.65. The Morgan fingerprint density at radius 3 is 2.50 bits per heavy atom. The van der Waals surface area contributed by atoms with Gasteiger partial charge in [0.05, 0.1) is 13.5 Å². The number of hydrogen-bond donors (Lipinski definition) is 1. The van der Waals surface area contributed by atoms with Gasteiger partial charge in [-0.3, -0.25) is 13.8 Å². The molecular formula is C8H15NO4S. The van der Waals surface area contributed by atoms with Gasteiger partial charge in [0.25, 0.3) is 0 Å². The third-order valence-corrected chi connectivity index (χ3v) is 3.29. The molecule has 0 aromatic rings. The van der Waals surface area contributed by atoms with E-state index in [-0.39, 0.29) is 23.3 Å². The van der Waals surface area contributed by atoms with E-state index in [1.807, 2.05) is 0 Å². The highest BCUT2D eigenvalue weighted by Gasteiger charge is 2.17. The first-order valence-electron chi connectivity index (χ1n) is 4.15. The Labute approximate surface area is 85.7 Å². The molecule has 1 N–H and O–H groups in total. The third-order valence-electron chi connectivity index (χ3n) is 1.68. The van der Waals surface area contributed by atoms with Crippen molar-refractivity contribution in [3.63, 3.8) is 0 Å². The van der Waals surface area contributed by atoms with Crippen LogP contribution in [0.3, 0.4) is 0 Å². The fraction of sp³-hybridized carbons (Fsp3) is 0.750. The molecule has 0 aliphatic carbocycles. The molecule has 14 heavy (non-hydrogen) atoms. The summed E-state index contributed by atoms with van der Waals surface area (Å²) in [6, 6.07) is 0. The van der Waals surface area contributed by atoms with Gasteiger partial charge in [0, 0.05) is 23.1 Å². The summed E-state index contributed by atoms with van der Waals surface area (Å²) < 4.78 is 15.8. The molecule has 5 nitrogen and oxygen atoms in total. The summed E-state index contributed by atoms with van der Waals surface area (Å²) in [5.41, 5.74) is 0. The van der Waals surface area contributed by atoms with Gasteiger partial charge in [-0.25, -0.2) is 0 Å². The molecule has 0 rings (SSSR count). The van der Waals surface area contributed by atoms with Crippen LogP contribution in [-0.4, -0.2) is 41.2 Å². The zero-order chi connectivity index (χ0) is 11.1. The van der Waals surface area contributed by atoms with Gasteiger partial charge < -0.3 is 10.1 Å². The molecule has 2 atom stereocenters. The van der Waals surface area contributed by atoms with E-state index in [1.54, 1.807) is 6.92 Å². The average Bonchev–Trinajstić information content (AvgIpc) is 2.17. The van der Waals surface area contributed by atoms with Crippen LogP contribution >= 0.6 is 0 Å². The van der Waals surface area contributed by atoms with Crippen molar-refractivity contribution in [3.8, 4) is 0 Å². The van der Waals surface area contributed by atoms with E-state index in [4.69, 9.17) is 0 Å². The summed E-state index contributed by atoms with van der Waals surface area (Å²) in [7, 11) is 1.42. The fourth-order valence-electron chi connectivity index (χ4n) is 0.755. The predicted octanol–water partition coefficient (Wildman–Crippen LogP) is -0.567. The minimum Gasteiger partial charge on any atom is -0.469 e. The lowest BCUT2D eigenvalue weighted by Gasteiger charge is -2.08. The number of methoxy groups -OCH3 is 1. The van der Waals surface area contributed by atoms with Crippen molar-refractivity contribution in [2.75, 3.05) is 19.9 Å². The molecule has 0 heterocycles. The van der Waals surface area contributed by atoms with E-state index < -0.39 is 16.8 Å². The molecule has 0 aliphatic heterocycles. The molecule has 0 aromatic carbocycles. The van der Waals surface area contributed by atoms with Gasteiger partial charge in [0.15, 0.2) is 0 Å². The Morgan fingerprint density at radius 1 is 1.50 bits per heavy atom. The predicted molar refractivity (Wildman–Crippen MR) is 53.2 cm³/mol. The zero-order valence-electron chi connectivity index (χ0n) is 8.53. The lowest BCUT2D eigenvalue weighted by atomic mass is 10.3. The van der Waals surface area contributed by atoms with E-state index in [9.17, 15) is 13.8 Å². The molecule has 0 aliphatic rings. The maximum absolute atomic E-state index is 11.4. The molecule has 0 radical (unpaired) electrons. The Balaban J connectivity index is 3.99. The molecule has 0 spiro atoms. The number of hydrogen-bond acceptors (Lipinski definition) is 4. The lowest BCUT2D eigenvalue weighted by molar-refractivity contribution is -0.140. The Hall–Kier alpha value is -0.910. The number of carbonyl (C=O) groups is 2. The molecule has 0 saturated heterocycles. The Bertz CT molecular complexity index is 241. The van der Waals surface area contributed by atoms with Crippen molar-refractivity contribution >= 4 is 22.7 Å². The minimum absolute atomic E-state index is 0.0695. The largest absolute Gasteiger partial charge is 0.469 e. The Morgan fingerprint density at radius 2 is 2.07 bits per heavy atom. The van der Waals surface area contributed by atoms with Gasteiger partial charge >= 0.3 is 5.97 Å². The molecule has 0 bridgehead atoms. The molecule has 2 unspecified atom stereocenters. The second-order valence-electron chi connectivity index (χ2n) is 2.79.